The van der Waals surface area contributed by atoms with Gasteiger partial charge in [0.15, 0.2) is 22.9 Å². The number of nitrogens with one attached hydrogen (secondary N) is 1. The molecule has 0 bridgehead atoms. The first-order valence-electron chi connectivity index (χ1n) is 7.58. The lowest BCUT2D eigenvalue weighted by molar-refractivity contribution is 0.0995. The van der Waals surface area contributed by atoms with Crippen molar-refractivity contribution in [3.8, 4) is 17.4 Å². The molecule has 0 aliphatic carbocycles. The lowest BCUT2D eigenvalue weighted by Crippen LogP contribution is -2.10. The first-order chi connectivity index (χ1) is 12.2. The predicted molar refractivity (Wildman–Crippen MR) is 87.3 cm³/mol. The molecule has 3 aromatic heterocycles. The zero-order valence-electron chi connectivity index (χ0n) is 13.2. The minimum Gasteiger partial charge on any atom is -0.490 e. The minimum atomic E-state index is -0.506. The van der Waals surface area contributed by atoms with Crippen LogP contribution < -0.4 is 10.1 Å². The van der Waals surface area contributed by atoms with Gasteiger partial charge in [0.25, 0.3) is 11.8 Å². The molecule has 0 fully saturated rings. The second kappa shape index (κ2) is 6.16. The Labute approximate surface area is 141 Å². The van der Waals surface area contributed by atoms with E-state index in [4.69, 9.17) is 18.0 Å². The highest BCUT2D eigenvalue weighted by Gasteiger charge is 2.18. The van der Waals surface area contributed by atoms with E-state index in [0.717, 1.165) is 5.39 Å². The fourth-order valence-electron chi connectivity index (χ4n) is 2.35. The Morgan fingerprint density at radius 2 is 2.12 bits per heavy atom. The molecule has 0 aliphatic heterocycles. The number of anilines is 1. The van der Waals surface area contributed by atoms with Crippen molar-refractivity contribution >= 4 is 22.9 Å². The van der Waals surface area contributed by atoms with Crippen molar-refractivity contribution in [1.29, 1.82) is 0 Å². The molecule has 126 valence electrons. The van der Waals surface area contributed by atoms with Gasteiger partial charge in [-0.25, -0.2) is 0 Å². The standard InChI is InChI=1S/C17H13N3O5/c1-2-22-11-6-3-5-10-9-13(24-14(10)11)15(21)18-17-20-19-16(25-17)12-7-4-8-23-12/h3-9H,2H2,1H3,(H,18,20,21). The van der Waals surface area contributed by atoms with Crippen molar-refractivity contribution in [3.63, 3.8) is 0 Å². The summed E-state index contributed by atoms with van der Waals surface area (Å²) in [6.07, 6.45) is 1.49. The number of para-hydroxylation sites is 1. The molecule has 0 saturated carbocycles. The van der Waals surface area contributed by atoms with E-state index in [9.17, 15) is 4.79 Å². The van der Waals surface area contributed by atoms with Crippen molar-refractivity contribution in [1.82, 2.24) is 10.2 Å². The maximum absolute atomic E-state index is 12.4. The number of rotatable bonds is 5. The Balaban J connectivity index is 1.57. The van der Waals surface area contributed by atoms with Crippen LogP contribution in [0.5, 0.6) is 5.75 Å². The van der Waals surface area contributed by atoms with Crippen molar-refractivity contribution in [2.75, 3.05) is 11.9 Å². The average molecular weight is 339 g/mol. The maximum Gasteiger partial charge on any atom is 0.323 e. The number of carbonyl (C=O) groups is 1. The largest absolute Gasteiger partial charge is 0.490 e. The van der Waals surface area contributed by atoms with Crippen molar-refractivity contribution in [2.24, 2.45) is 0 Å². The Morgan fingerprint density at radius 1 is 1.20 bits per heavy atom. The Bertz CT molecular complexity index is 1020. The van der Waals surface area contributed by atoms with E-state index in [2.05, 4.69) is 15.5 Å². The van der Waals surface area contributed by atoms with Gasteiger partial charge in [-0.1, -0.05) is 17.2 Å². The monoisotopic (exact) mass is 339 g/mol. The van der Waals surface area contributed by atoms with Gasteiger partial charge in [0.05, 0.1) is 12.9 Å². The Kier molecular flexibility index (Phi) is 3.70. The lowest BCUT2D eigenvalue weighted by Gasteiger charge is -2.02. The van der Waals surface area contributed by atoms with Crippen LogP contribution in [0.25, 0.3) is 22.6 Å². The van der Waals surface area contributed by atoms with Crippen LogP contribution in [0, 0.1) is 0 Å². The van der Waals surface area contributed by atoms with Gasteiger partial charge in [-0.3, -0.25) is 10.1 Å². The molecule has 0 atom stereocenters. The molecule has 8 heteroatoms. The topological polar surface area (TPSA) is 104 Å². The molecule has 0 aliphatic rings. The first-order valence-corrected chi connectivity index (χ1v) is 7.58. The number of hydrogen-bond acceptors (Lipinski definition) is 7. The number of hydrogen-bond donors (Lipinski definition) is 1. The molecule has 4 aromatic rings. The molecular formula is C17H13N3O5. The number of aromatic nitrogens is 2. The molecule has 3 heterocycles. The molecule has 0 radical (unpaired) electrons. The van der Waals surface area contributed by atoms with E-state index in [1.54, 1.807) is 24.3 Å². The van der Waals surface area contributed by atoms with Crippen molar-refractivity contribution in [2.45, 2.75) is 6.92 Å². The second-order valence-electron chi connectivity index (χ2n) is 5.06. The van der Waals surface area contributed by atoms with Crippen LogP contribution in [0.3, 0.4) is 0 Å². The molecule has 1 aromatic carbocycles. The first kappa shape index (κ1) is 15.0. The molecule has 8 nitrogen and oxygen atoms in total. The van der Waals surface area contributed by atoms with Crippen LogP contribution in [0.2, 0.25) is 0 Å². The number of amides is 1. The quantitative estimate of drug-likeness (QED) is 0.591. The molecule has 0 spiro atoms. The smallest absolute Gasteiger partial charge is 0.323 e. The van der Waals surface area contributed by atoms with Crippen LogP contribution in [-0.2, 0) is 0 Å². The Morgan fingerprint density at radius 3 is 2.92 bits per heavy atom. The number of furan rings is 2. The van der Waals surface area contributed by atoms with Gasteiger partial charge in [0, 0.05) is 5.39 Å². The zero-order valence-corrected chi connectivity index (χ0v) is 13.2. The second-order valence-corrected chi connectivity index (χ2v) is 5.06. The van der Waals surface area contributed by atoms with Crippen LogP contribution in [-0.4, -0.2) is 22.7 Å². The number of fused-ring (bicyclic) bond motifs is 1. The average Bonchev–Trinajstić information content (AvgIpc) is 3.35. The van der Waals surface area contributed by atoms with Crippen molar-refractivity contribution < 1.29 is 22.8 Å². The van der Waals surface area contributed by atoms with Gasteiger partial charge in [-0.2, -0.15) is 0 Å². The minimum absolute atomic E-state index is 0.0538. The number of nitrogens with zero attached hydrogens (tertiary/aromatic N) is 2. The summed E-state index contributed by atoms with van der Waals surface area (Å²) in [7, 11) is 0. The summed E-state index contributed by atoms with van der Waals surface area (Å²) >= 11 is 0. The number of ether oxygens (including phenoxy) is 1. The molecule has 25 heavy (non-hydrogen) atoms. The number of carbonyl (C=O) groups excluding carboxylic acids is 1. The fraction of sp³-hybridized carbons (Fsp3) is 0.118. The zero-order chi connectivity index (χ0) is 17.2. The van der Waals surface area contributed by atoms with Gasteiger partial charge >= 0.3 is 6.01 Å². The van der Waals surface area contributed by atoms with Crippen LogP contribution in [0.4, 0.5) is 6.01 Å². The van der Waals surface area contributed by atoms with E-state index >= 15 is 0 Å². The molecule has 4 rings (SSSR count). The summed E-state index contributed by atoms with van der Waals surface area (Å²) in [5.41, 5.74) is 0.510. The summed E-state index contributed by atoms with van der Waals surface area (Å²) in [5.74, 6) is 0.770. The third kappa shape index (κ3) is 2.85. The van der Waals surface area contributed by atoms with Crippen LogP contribution in [0.15, 0.2) is 55.9 Å². The molecule has 0 saturated heterocycles. The van der Waals surface area contributed by atoms with E-state index < -0.39 is 5.91 Å². The highest BCUT2D eigenvalue weighted by molar-refractivity contribution is 6.04. The van der Waals surface area contributed by atoms with E-state index in [1.807, 2.05) is 19.1 Å². The normalized spacial score (nSPS) is 10.9. The van der Waals surface area contributed by atoms with Crippen LogP contribution >= 0.6 is 0 Å². The van der Waals surface area contributed by atoms with Gasteiger partial charge < -0.3 is 18.0 Å². The molecule has 0 unspecified atom stereocenters. The molecule has 1 amide bonds. The van der Waals surface area contributed by atoms with Gasteiger partial charge in [-0.05, 0) is 31.2 Å². The summed E-state index contributed by atoms with van der Waals surface area (Å²) < 4.78 is 21.6. The summed E-state index contributed by atoms with van der Waals surface area (Å²) in [6, 6.07) is 10.4. The van der Waals surface area contributed by atoms with Crippen LogP contribution in [0.1, 0.15) is 17.5 Å². The highest BCUT2D eigenvalue weighted by atomic mass is 16.5. The third-order valence-corrected chi connectivity index (χ3v) is 3.41. The Hall–Kier alpha value is -3.55. The van der Waals surface area contributed by atoms with Crippen molar-refractivity contribution in [3.05, 3.63) is 48.4 Å². The fourth-order valence-corrected chi connectivity index (χ4v) is 2.35. The SMILES string of the molecule is CCOc1cccc2cc(C(=O)Nc3nnc(-c4ccco4)o3)oc12. The summed E-state index contributed by atoms with van der Waals surface area (Å²) in [5, 5.41) is 10.8. The summed E-state index contributed by atoms with van der Waals surface area (Å²) in [4.78, 5) is 12.4. The van der Waals surface area contributed by atoms with Gasteiger partial charge in [-0.15, -0.1) is 5.10 Å². The predicted octanol–water partition coefficient (Wildman–Crippen LogP) is 3.73. The molecular weight excluding hydrogens is 326 g/mol. The maximum atomic E-state index is 12.4. The van der Waals surface area contributed by atoms with E-state index in [0.29, 0.717) is 23.7 Å². The van der Waals surface area contributed by atoms with E-state index in [1.165, 1.54) is 6.26 Å². The lowest BCUT2D eigenvalue weighted by atomic mass is 10.2. The molecule has 1 N–H and O–H groups in total. The van der Waals surface area contributed by atoms with E-state index in [-0.39, 0.29) is 17.7 Å². The number of benzene rings is 1. The van der Waals surface area contributed by atoms with Gasteiger partial charge in [0.2, 0.25) is 0 Å². The third-order valence-electron chi connectivity index (χ3n) is 3.41. The summed E-state index contributed by atoms with van der Waals surface area (Å²) in [6.45, 7) is 2.38. The highest BCUT2D eigenvalue weighted by Crippen LogP contribution is 2.29. The van der Waals surface area contributed by atoms with Gasteiger partial charge in [0.1, 0.15) is 0 Å².